The van der Waals surface area contributed by atoms with E-state index in [4.69, 9.17) is 0 Å². The van der Waals surface area contributed by atoms with Crippen molar-refractivity contribution in [2.75, 3.05) is 0 Å². The van der Waals surface area contributed by atoms with E-state index in [2.05, 4.69) is 41.9 Å². The molecule has 0 radical (unpaired) electrons. The monoisotopic (exact) mass is 357 g/mol. The molecule has 1 saturated carbocycles. The Bertz CT molecular complexity index is 638. The molecule has 0 bridgehead atoms. The Balaban J connectivity index is 1.60. The lowest BCUT2D eigenvalue weighted by atomic mass is 9.95. The van der Waals surface area contributed by atoms with Crippen LogP contribution in [0.1, 0.15) is 57.1 Å². The van der Waals surface area contributed by atoms with Crippen molar-refractivity contribution in [2.24, 2.45) is 5.92 Å². The van der Waals surface area contributed by atoms with E-state index in [9.17, 15) is 9.59 Å². The van der Waals surface area contributed by atoms with Gasteiger partial charge in [0.2, 0.25) is 11.8 Å². The predicted molar refractivity (Wildman–Crippen MR) is 103 cm³/mol. The van der Waals surface area contributed by atoms with Crippen LogP contribution in [0.5, 0.6) is 0 Å². The third kappa shape index (κ3) is 4.85. The van der Waals surface area contributed by atoms with Crippen molar-refractivity contribution in [3.05, 3.63) is 35.4 Å². The zero-order valence-corrected chi connectivity index (χ0v) is 15.9. The molecule has 2 amide bonds. The first-order valence-corrected chi connectivity index (χ1v) is 9.94. The number of amides is 2. The maximum absolute atomic E-state index is 12.8. The van der Waals surface area contributed by atoms with E-state index in [0.717, 1.165) is 12.8 Å². The zero-order chi connectivity index (χ0) is 18.5. The van der Waals surface area contributed by atoms with Crippen molar-refractivity contribution >= 4 is 11.8 Å². The molecule has 2 aliphatic rings. The largest absolute Gasteiger partial charge is 0.352 e. The maximum Gasteiger partial charge on any atom is 0.242 e. The van der Waals surface area contributed by atoms with Gasteiger partial charge < -0.3 is 16.0 Å². The molecule has 5 nitrogen and oxygen atoms in total. The molecule has 1 aliphatic heterocycles. The third-order valence-corrected chi connectivity index (χ3v) is 5.44. The highest BCUT2D eigenvalue weighted by Crippen LogP contribution is 2.19. The molecule has 1 heterocycles. The van der Waals surface area contributed by atoms with Gasteiger partial charge in [-0.15, -0.1) is 0 Å². The van der Waals surface area contributed by atoms with Gasteiger partial charge in [0.25, 0.3) is 0 Å². The Kier molecular flexibility index (Phi) is 6.30. The molecule has 142 valence electrons. The lowest BCUT2D eigenvalue weighted by Gasteiger charge is -2.28. The van der Waals surface area contributed by atoms with Crippen LogP contribution in [0.4, 0.5) is 0 Å². The molecule has 0 aromatic heterocycles. The minimum atomic E-state index is -0.456. The summed E-state index contributed by atoms with van der Waals surface area (Å²) >= 11 is 0. The summed E-state index contributed by atoms with van der Waals surface area (Å²) in [6.07, 6.45) is 5.79. The molecule has 5 heteroatoms. The minimum Gasteiger partial charge on any atom is -0.352 e. The molecule has 3 N–H and O–H groups in total. The van der Waals surface area contributed by atoms with Gasteiger partial charge in [-0.05, 0) is 42.7 Å². The molecule has 1 aromatic carbocycles. The lowest BCUT2D eigenvalue weighted by Crippen LogP contribution is -2.55. The highest BCUT2D eigenvalue weighted by Gasteiger charge is 2.29. The number of nitrogens with one attached hydrogen (secondary N) is 3. The Morgan fingerprint density at radius 3 is 2.54 bits per heavy atom. The molecular formula is C21H31N3O2. The summed E-state index contributed by atoms with van der Waals surface area (Å²) in [5.41, 5.74) is 2.46. The fourth-order valence-corrected chi connectivity index (χ4v) is 3.99. The van der Waals surface area contributed by atoms with Crippen molar-refractivity contribution in [3.63, 3.8) is 0 Å². The van der Waals surface area contributed by atoms with Gasteiger partial charge in [-0.2, -0.15) is 0 Å². The van der Waals surface area contributed by atoms with E-state index < -0.39 is 6.04 Å². The highest BCUT2D eigenvalue weighted by atomic mass is 16.2. The summed E-state index contributed by atoms with van der Waals surface area (Å²) in [6.45, 7) is 4.85. The van der Waals surface area contributed by atoms with Crippen LogP contribution in [-0.2, 0) is 22.6 Å². The SMILES string of the molecule is CC(C)CC(NC(=O)C1Cc2ccccc2CN1)C(=O)NC1CCCC1. The molecule has 1 fully saturated rings. The maximum atomic E-state index is 12.8. The first kappa shape index (κ1) is 18.9. The van der Waals surface area contributed by atoms with Crippen molar-refractivity contribution in [3.8, 4) is 0 Å². The van der Waals surface area contributed by atoms with Crippen molar-refractivity contribution in [1.29, 1.82) is 0 Å². The van der Waals surface area contributed by atoms with Gasteiger partial charge in [0.1, 0.15) is 6.04 Å². The number of hydrogen-bond donors (Lipinski definition) is 3. The zero-order valence-electron chi connectivity index (χ0n) is 15.9. The van der Waals surface area contributed by atoms with Crippen LogP contribution < -0.4 is 16.0 Å². The summed E-state index contributed by atoms with van der Waals surface area (Å²) in [4.78, 5) is 25.5. The normalized spacial score (nSPS) is 21.3. The van der Waals surface area contributed by atoms with Gasteiger partial charge in [0, 0.05) is 12.6 Å². The van der Waals surface area contributed by atoms with Gasteiger partial charge in [-0.1, -0.05) is 51.0 Å². The van der Waals surface area contributed by atoms with E-state index in [0.29, 0.717) is 25.3 Å². The van der Waals surface area contributed by atoms with E-state index in [1.165, 1.54) is 24.0 Å². The number of hydrogen-bond acceptors (Lipinski definition) is 3. The highest BCUT2D eigenvalue weighted by molar-refractivity contribution is 5.90. The Morgan fingerprint density at radius 1 is 1.15 bits per heavy atom. The van der Waals surface area contributed by atoms with Crippen LogP contribution in [0.25, 0.3) is 0 Å². The molecule has 1 aromatic rings. The number of rotatable bonds is 6. The van der Waals surface area contributed by atoms with Gasteiger partial charge in [-0.3, -0.25) is 9.59 Å². The van der Waals surface area contributed by atoms with Crippen LogP contribution >= 0.6 is 0 Å². The average Bonchev–Trinajstić information content (AvgIpc) is 3.13. The number of carbonyl (C=O) groups is 2. The fraction of sp³-hybridized carbons (Fsp3) is 0.619. The van der Waals surface area contributed by atoms with E-state index in [1.807, 2.05) is 12.1 Å². The quantitative estimate of drug-likeness (QED) is 0.732. The molecule has 0 spiro atoms. The van der Waals surface area contributed by atoms with E-state index >= 15 is 0 Å². The van der Waals surface area contributed by atoms with Gasteiger partial charge >= 0.3 is 0 Å². The van der Waals surface area contributed by atoms with Crippen molar-refractivity contribution < 1.29 is 9.59 Å². The predicted octanol–water partition coefficient (Wildman–Crippen LogP) is 2.29. The standard InChI is InChI=1S/C21H31N3O2/c1-14(2)11-19(21(26)23-17-9-5-6-10-17)24-20(25)18-12-15-7-3-4-8-16(15)13-22-18/h3-4,7-8,14,17-19,22H,5-6,9-13H2,1-2H3,(H,23,26)(H,24,25). The van der Waals surface area contributed by atoms with E-state index in [1.54, 1.807) is 0 Å². The number of fused-ring (bicyclic) bond motifs is 1. The topological polar surface area (TPSA) is 70.2 Å². The van der Waals surface area contributed by atoms with Crippen LogP contribution in [0.15, 0.2) is 24.3 Å². The van der Waals surface area contributed by atoms with Gasteiger partial charge in [0.05, 0.1) is 6.04 Å². The first-order chi connectivity index (χ1) is 12.5. The second kappa shape index (κ2) is 8.67. The summed E-state index contributed by atoms with van der Waals surface area (Å²) in [6, 6.07) is 7.74. The molecule has 26 heavy (non-hydrogen) atoms. The third-order valence-electron chi connectivity index (χ3n) is 5.44. The summed E-state index contributed by atoms with van der Waals surface area (Å²) in [7, 11) is 0. The number of benzene rings is 1. The van der Waals surface area contributed by atoms with Crippen LogP contribution in [0.2, 0.25) is 0 Å². The fourth-order valence-electron chi connectivity index (χ4n) is 3.99. The van der Waals surface area contributed by atoms with Crippen LogP contribution in [0, 0.1) is 5.92 Å². The Labute approximate surface area is 156 Å². The lowest BCUT2D eigenvalue weighted by molar-refractivity contribution is -0.130. The molecule has 2 unspecified atom stereocenters. The molecule has 0 saturated heterocycles. The average molecular weight is 357 g/mol. The summed E-state index contributed by atoms with van der Waals surface area (Å²) < 4.78 is 0. The van der Waals surface area contributed by atoms with Crippen LogP contribution in [-0.4, -0.2) is 29.9 Å². The summed E-state index contributed by atoms with van der Waals surface area (Å²) in [5.74, 6) is 0.233. The summed E-state index contributed by atoms with van der Waals surface area (Å²) in [5, 5.41) is 9.45. The molecule has 1 aliphatic carbocycles. The number of carbonyl (C=O) groups excluding carboxylic acids is 2. The van der Waals surface area contributed by atoms with Gasteiger partial charge in [-0.25, -0.2) is 0 Å². The minimum absolute atomic E-state index is 0.0323. The van der Waals surface area contributed by atoms with Crippen LogP contribution in [0.3, 0.4) is 0 Å². The Morgan fingerprint density at radius 2 is 1.85 bits per heavy atom. The van der Waals surface area contributed by atoms with Gasteiger partial charge in [0.15, 0.2) is 0 Å². The second-order valence-electron chi connectivity index (χ2n) is 8.09. The molecular weight excluding hydrogens is 326 g/mol. The molecule has 2 atom stereocenters. The Hall–Kier alpha value is -1.88. The molecule has 3 rings (SSSR count). The second-order valence-corrected chi connectivity index (χ2v) is 8.09. The van der Waals surface area contributed by atoms with Crippen molar-refractivity contribution in [1.82, 2.24) is 16.0 Å². The smallest absolute Gasteiger partial charge is 0.242 e. The van der Waals surface area contributed by atoms with E-state index in [-0.39, 0.29) is 23.9 Å². The first-order valence-electron chi connectivity index (χ1n) is 9.94. The van der Waals surface area contributed by atoms with Crippen molar-refractivity contribution in [2.45, 2.75) is 77.0 Å².